The number of aromatic nitrogens is 1. The fraction of sp³-hybridized carbons (Fsp3) is 0.429. The van der Waals surface area contributed by atoms with Crippen LogP contribution in [0.5, 0.6) is 0 Å². The molecule has 1 amide bonds. The zero-order valence-electron chi connectivity index (χ0n) is 16.0. The predicted octanol–water partition coefficient (Wildman–Crippen LogP) is 2.90. The second-order valence-corrected chi connectivity index (χ2v) is 9.03. The summed E-state index contributed by atoms with van der Waals surface area (Å²) in [5.41, 5.74) is 1.96. The second-order valence-electron chi connectivity index (χ2n) is 7.09. The lowest BCUT2D eigenvalue weighted by Gasteiger charge is -2.20. The van der Waals surface area contributed by atoms with Crippen LogP contribution in [0.2, 0.25) is 0 Å². The quantitative estimate of drug-likeness (QED) is 0.774. The number of nitrogens with one attached hydrogen (secondary N) is 1. The van der Waals surface area contributed by atoms with Crippen LogP contribution in [-0.4, -0.2) is 36.7 Å². The first-order chi connectivity index (χ1) is 13.6. The fourth-order valence-electron chi connectivity index (χ4n) is 3.31. The van der Waals surface area contributed by atoms with Crippen molar-refractivity contribution in [3.63, 3.8) is 0 Å². The number of carbonyl (C=O) groups excluding carboxylic acids is 1. The van der Waals surface area contributed by atoms with Crippen molar-refractivity contribution >= 4 is 15.9 Å². The number of nitrogens with zero attached hydrogens (tertiary/aromatic N) is 2. The zero-order valence-corrected chi connectivity index (χ0v) is 16.8. The lowest BCUT2D eigenvalue weighted by Crippen LogP contribution is -2.31. The molecule has 2 heterocycles. The minimum atomic E-state index is -3.42. The highest BCUT2D eigenvalue weighted by Gasteiger charge is 2.24. The summed E-state index contributed by atoms with van der Waals surface area (Å²) in [5.74, 6) is -0.0296. The number of hydrogen-bond acceptors (Lipinski definition) is 4. The highest BCUT2D eigenvalue weighted by Crippen LogP contribution is 2.21. The van der Waals surface area contributed by atoms with Gasteiger partial charge in [-0.3, -0.25) is 9.78 Å². The van der Waals surface area contributed by atoms with Gasteiger partial charge in [-0.05, 0) is 54.7 Å². The smallest absolute Gasteiger partial charge is 0.243 e. The van der Waals surface area contributed by atoms with E-state index in [1.54, 1.807) is 41.0 Å². The number of amides is 1. The van der Waals surface area contributed by atoms with Gasteiger partial charge >= 0.3 is 0 Å². The second kappa shape index (κ2) is 9.80. The summed E-state index contributed by atoms with van der Waals surface area (Å²) in [6.07, 6.45) is 8.36. The van der Waals surface area contributed by atoms with Gasteiger partial charge in [0.25, 0.3) is 0 Å². The first-order valence-corrected chi connectivity index (χ1v) is 11.2. The van der Waals surface area contributed by atoms with Gasteiger partial charge in [0.2, 0.25) is 15.9 Å². The standard InChI is InChI=1S/C21H27N3O3S/c25-21(23-17-19-11-13-22-14-12-19)10-7-18-5-8-20(9-6-18)28(26,27)24-15-3-1-2-4-16-24/h5-6,8-9,11-14H,1-4,7,10,15-17H2,(H,23,25). The average molecular weight is 402 g/mol. The van der Waals surface area contributed by atoms with Gasteiger partial charge in [0, 0.05) is 38.4 Å². The van der Waals surface area contributed by atoms with E-state index in [2.05, 4.69) is 10.3 Å². The number of aryl methyl sites for hydroxylation is 1. The Bertz CT molecular complexity index is 860. The van der Waals surface area contributed by atoms with E-state index in [0.717, 1.165) is 36.8 Å². The lowest BCUT2D eigenvalue weighted by molar-refractivity contribution is -0.121. The third-order valence-electron chi connectivity index (χ3n) is 5.01. The van der Waals surface area contributed by atoms with Gasteiger partial charge in [0.15, 0.2) is 0 Å². The molecule has 28 heavy (non-hydrogen) atoms. The molecule has 1 N–H and O–H groups in total. The fourth-order valence-corrected chi connectivity index (χ4v) is 4.82. The topological polar surface area (TPSA) is 79.4 Å². The van der Waals surface area contributed by atoms with E-state index in [4.69, 9.17) is 0 Å². The number of pyridine rings is 1. The maximum Gasteiger partial charge on any atom is 0.243 e. The highest BCUT2D eigenvalue weighted by atomic mass is 32.2. The van der Waals surface area contributed by atoms with E-state index in [-0.39, 0.29) is 5.91 Å². The van der Waals surface area contributed by atoms with E-state index in [9.17, 15) is 13.2 Å². The van der Waals surface area contributed by atoms with Crippen LogP contribution in [0.4, 0.5) is 0 Å². The van der Waals surface area contributed by atoms with Crippen LogP contribution in [0.15, 0.2) is 53.7 Å². The number of hydrogen-bond donors (Lipinski definition) is 1. The highest BCUT2D eigenvalue weighted by molar-refractivity contribution is 7.89. The van der Waals surface area contributed by atoms with Crippen molar-refractivity contribution in [2.45, 2.75) is 50.0 Å². The van der Waals surface area contributed by atoms with Crippen molar-refractivity contribution in [2.75, 3.05) is 13.1 Å². The van der Waals surface area contributed by atoms with Crippen LogP contribution < -0.4 is 5.32 Å². The predicted molar refractivity (Wildman–Crippen MR) is 108 cm³/mol. The van der Waals surface area contributed by atoms with Crippen molar-refractivity contribution in [3.05, 3.63) is 59.9 Å². The molecule has 1 aromatic heterocycles. The molecule has 1 aromatic carbocycles. The molecule has 1 aliphatic rings. The molecule has 150 valence electrons. The molecule has 0 bridgehead atoms. The average Bonchev–Trinajstić information content (AvgIpc) is 3.02. The molecule has 2 aromatic rings. The normalized spacial score (nSPS) is 15.7. The van der Waals surface area contributed by atoms with Gasteiger partial charge in [0.05, 0.1) is 4.90 Å². The van der Waals surface area contributed by atoms with Crippen molar-refractivity contribution < 1.29 is 13.2 Å². The van der Waals surface area contributed by atoms with Crippen LogP contribution in [-0.2, 0) is 27.8 Å². The molecule has 6 nitrogen and oxygen atoms in total. The van der Waals surface area contributed by atoms with Crippen molar-refractivity contribution in [3.8, 4) is 0 Å². The van der Waals surface area contributed by atoms with E-state index >= 15 is 0 Å². The van der Waals surface area contributed by atoms with Gasteiger partial charge in [-0.2, -0.15) is 4.31 Å². The van der Waals surface area contributed by atoms with Gasteiger partial charge < -0.3 is 5.32 Å². The molecule has 0 atom stereocenters. The van der Waals surface area contributed by atoms with Crippen LogP contribution in [0, 0.1) is 0 Å². The van der Waals surface area contributed by atoms with Gasteiger partial charge in [-0.1, -0.05) is 25.0 Å². The van der Waals surface area contributed by atoms with Gasteiger partial charge in [-0.15, -0.1) is 0 Å². The third kappa shape index (κ3) is 5.62. The summed E-state index contributed by atoms with van der Waals surface area (Å²) in [4.78, 5) is 16.3. The molecule has 0 radical (unpaired) electrons. The molecule has 0 saturated carbocycles. The summed E-state index contributed by atoms with van der Waals surface area (Å²) in [6.45, 7) is 1.68. The molecule has 0 spiro atoms. The molecular formula is C21H27N3O3S. The Morgan fingerprint density at radius 2 is 1.57 bits per heavy atom. The third-order valence-corrected chi connectivity index (χ3v) is 6.92. The summed E-state index contributed by atoms with van der Waals surface area (Å²) in [5, 5.41) is 2.88. The molecule has 1 fully saturated rings. The maximum atomic E-state index is 12.8. The molecule has 0 aliphatic carbocycles. The Balaban J connectivity index is 1.51. The monoisotopic (exact) mass is 401 g/mol. The first kappa shape index (κ1) is 20.5. The van der Waals surface area contributed by atoms with E-state index in [1.165, 1.54) is 0 Å². The largest absolute Gasteiger partial charge is 0.352 e. The lowest BCUT2D eigenvalue weighted by atomic mass is 10.1. The summed E-state index contributed by atoms with van der Waals surface area (Å²) in [6, 6.07) is 10.7. The zero-order chi connectivity index (χ0) is 19.8. The Hall–Kier alpha value is -2.25. The van der Waals surface area contributed by atoms with Crippen LogP contribution >= 0.6 is 0 Å². The Morgan fingerprint density at radius 3 is 2.21 bits per heavy atom. The summed E-state index contributed by atoms with van der Waals surface area (Å²) < 4.78 is 27.2. The molecule has 1 aliphatic heterocycles. The van der Waals surface area contributed by atoms with E-state index < -0.39 is 10.0 Å². The molecular weight excluding hydrogens is 374 g/mol. The number of sulfonamides is 1. The van der Waals surface area contributed by atoms with Crippen molar-refractivity contribution in [1.82, 2.24) is 14.6 Å². The molecule has 7 heteroatoms. The minimum absolute atomic E-state index is 0.0296. The molecule has 3 rings (SSSR count). The maximum absolute atomic E-state index is 12.8. The molecule has 0 unspecified atom stereocenters. The van der Waals surface area contributed by atoms with Crippen LogP contribution in [0.25, 0.3) is 0 Å². The number of benzene rings is 1. The Labute approximate surface area is 167 Å². The summed E-state index contributed by atoms with van der Waals surface area (Å²) in [7, 11) is -3.42. The van der Waals surface area contributed by atoms with E-state index in [1.807, 2.05) is 12.1 Å². The first-order valence-electron chi connectivity index (χ1n) is 9.80. The Kier molecular flexibility index (Phi) is 7.17. The van der Waals surface area contributed by atoms with Gasteiger partial charge in [0.1, 0.15) is 0 Å². The van der Waals surface area contributed by atoms with E-state index in [0.29, 0.717) is 37.4 Å². The minimum Gasteiger partial charge on any atom is -0.352 e. The molecule has 1 saturated heterocycles. The van der Waals surface area contributed by atoms with Crippen molar-refractivity contribution in [1.29, 1.82) is 0 Å². The van der Waals surface area contributed by atoms with Crippen LogP contribution in [0.3, 0.4) is 0 Å². The summed E-state index contributed by atoms with van der Waals surface area (Å²) >= 11 is 0. The van der Waals surface area contributed by atoms with Crippen molar-refractivity contribution in [2.24, 2.45) is 0 Å². The Morgan fingerprint density at radius 1 is 0.929 bits per heavy atom. The number of carbonyl (C=O) groups is 1. The van der Waals surface area contributed by atoms with Gasteiger partial charge in [-0.25, -0.2) is 8.42 Å². The SMILES string of the molecule is O=C(CCc1ccc(S(=O)(=O)N2CCCCCC2)cc1)NCc1ccncc1. The number of rotatable bonds is 7. The van der Waals surface area contributed by atoms with Crippen LogP contribution in [0.1, 0.15) is 43.2 Å².